The number of piperidine rings is 1. The number of halogens is 1. The monoisotopic (exact) mass is 296 g/mol. The number of ether oxygens (including phenoxy) is 2. The Labute approximate surface area is 123 Å². The summed E-state index contributed by atoms with van der Waals surface area (Å²) in [6.07, 6.45) is 1.51. The van der Waals surface area contributed by atoms with Gasteiger partial charge < -0.3 is 20.1 Å². The first-order chi connectivity index (χ1) is 10.0. The molecule has 1 aromatic rings. The number of hydrogen-bond donors (Lipinski definition) is 2. The predicted molar refractivity (Wildman–Crippen MR) is 78.3 cm³/mol. The molecule has 1 saturated heterocycles. The smallest absolute Gasteiger partial charge is 0.227 e. The van der Waals surface area contributed by atoms with Gasteiger partial charge in [-0.3, -0.25) is 4.79 Å². The van der Waals surface area contributed by atoms with Crippen LogP contribution in [0.25, 0.3) is 0 Å². The van der Waals surface area contributed by atoms with Gasteiger partial charge in [-0.25, -0.2) is 4.39 Å². The maximum absolute atomic E-state index is 14.0. The lowest BCUT2D eigenvalue weighted by Gasteiger charge is -2.27. The number of methoxy groups -OCH3 is 2. The number of anilines is 1. The minimum Gasteiger partial charge on any atom is -0.493 e. The second-order valence-corrected chi connectivity index (χ2v) is 5.25. The molecule has 1 aromatic carbocycles. The standard InChI is InChI=1S/C15H21FN2O3/c1-9-6-10(4-5-17-9)15(19)18-12-8-14(21-3)13(20-2)7-11(12)16/h7-10,17H,4-6H2,1-3H3,(H,18,19)/t9-,10-/m0/s1. The molecule has 2 rings (SSSR count). The Morgan fingerprint density at radius 1 is 1.33 bits per heavy atom. The van der Waals surface area contributed by atoms with Crippen LogP contribution < -0.4 is 20.1 Å². The summed E-state index contributed by atoms with van der Waals surface area (Å²) in [5.74, 6) is -0.123. The molecule has 5 nitrogen and oxygen atoms in total. The Morgan fingerprint density at radius 2 is 2.00 bits per heavy atom. The fourth-order valence-electron chi connectivity index (χ4n) is 2.55. The van der Waals surface area contributed by atoms with Crippen molar-refractivity contribution in [1.82, 2.24) is 5.32 Å². The SMILES string of the molecule is COc1cc(F)c(NC(=O)[C@H]2CCN[C@@H](C)C2)cc1OC. The van der Waals surface area contributed by atoms with Crippen LogP contribution in [0, 0.1) is 11.7 Å². The van der Waals surface area contributed by atoms with Gasteiger partial charge in [0.2, 0.25) is 5.91 Å². The van der Waals surface area contributed by atoms with Crippen molar-refractivity contribution in [2.45, 2.75) is 25.8 Å². The van der Waals surface area contributed by atoms with E-state index in [2.05, 4.69) is 10.6 Å². The summed E-state index contributed by atoms with van der Waals surface area (Å²) >= 11 is 0. The number of hydrogen-bond acceptors (Lipinski definition) is 4. The summed E-state index contributed by atoms with van der Waals surface area (Å²) in [7, 11) is 2.90. The van der Waals surface area contributed by atoms with E-state index in [0.29, 0.717) is 17.5 Å². The van der Waals surface area contributed by atoms with E-state index in [9.17, 15) is 9.18 Å². The van der Waals surface area contributed by atoms with E-state index in [-0.39, 0.29) is 17.5 Å². The highest BCUT2D eigenvalue weighted by Gasteiger charge is 2.25. The predicted octanol–water partition coefficient (Wildman–Crippen LogP) is 2.17. The molecule has 0 unspecified atom stereocenters. The molecule has 1 fully saturated rings. The normalized spacial score (nSPS) is 21.7. The van der Waals surface area contributed by atoms with Gasteiger partial charge in [0, 0.05) is 24.1 Å². The van der Waals surface area contributed by atoms with E-state index in [1.807, 2.05) is 6.92 Å². The molecule has 0 aromatic heterocycles. The molecule has 2 N–H and O–H groups in total. The molecule has 2 atom stereocenters. The van der Waals surface area contributed by atoms with Crippen LogP contribution in [0.2, 0.25) is 0 Å². The van der Waals surface area contributed by atoms with E-state index in [4.69, 9.17) is 9.47 Å². The molecule has 0 aliphatic carbocycles. The largest absolute Gasteiger partial charge is 0.493 e. The molecule has 116 valence electrons. The number of carbonyl (C=O) groups is 1. The molecule has 1 heterocycles. The molecule has 0 radical (unpaired) electrons. The molecule has 0 saturated carbocycles. The zero-order chi connectivity index (χ0) is 15.4. The van der Waals surface area contributed by atoms with Crippen LogP contribution in [0.15, 0.2) is 12.1 Å². The van der Waals surface area contributed by atoms with E-state index in [0.717, 1.165) is 19.4 Å². The van der Waals surface area contributed by atoms with Crippen LogP contribution in [-0.4, -0.2) is 32.7 Å². The zero-order valence-electron chi connectivity index (χ0n) is 12.5. The Morgan fingerprint density at radius 3 is 2.62 bits per heavy atom. The fraction of sp³-hybridized carbons (Fsp3) is 0.533. The topological polar surface area (TPSA) is 59.6 Å². The molecule has 0 bridgehead atoms. The van der Waals surface area contributed by atoms with Gasteiger partial charge in [0.25, 0.3) is 0 Å². The molecule has 6 heteroatoms. The lowest BCUT2D eigenvalue weighted by Crippen LogP contribution is -2.40. The van der Waals surface area contributed by atoms with Gasteiger partial charge in [-0.05, 0) is 26.3 Å². The third-order valence-corrected chi connectivity index (χ3v) is 3.73. The molecule has 21 heavy (non-hydrogen) atoms. The molecule has 0 spiro atoms. The van der Waals surface area contributed by atoms with Crippen molar-refractivity contribution in [2.75, 3.05) is 26.1 Å². The minimum absolute atomic E-state index is 0.103. The van der Waals surface area contributed by atoms with Gasteiger partial charge in [-0.2, -0.15) is 0 Å². The highest BCUT2D eigenvalue weighted by molar-refractivity contribution is 5.93. The van der Waals surface area contributed by atoms with E-state index in [1.54, 1.807) is 0 Å². The first-order valence-electron chi connectivity index (χ1n) is 7.01. The number of carbonyl (C=O) groups excluding carboxylic acids is 1. The third-order valence-electron chi connectivity index (χ3n) is 3.73. The first-order valence-corrected chi connectivity index (χ1v) is 7.01. The van der Waals surface area contributed by atoms with Crippen molar-refractivity contribution in [3.8, 4) is 11.5 Å². The van der Waals surface area contributed by atoms with Crippen LogP contribution in [0.5, 0.6) is 11.5 Å². The Kier molecular flexibility index (Phi) is 5.01. The number of amides is 1. The lowest BCUT2D eigenvalue weighted by atomic mass is 9.92. The number of benzene rings is 1. The quantitative estimate of drug-likeness (QED) is 0.894. The average Bonchev–Trinajstić information content (AvgIpc) is 2.48. The van der Waals surface area contributed by atoms with Gasteiger partial charge in [0.15, 0.2) is 17.3 Å². The Bertz CT molecular complexity index is 522. The lowest BCUT2D eigenvalue weighted by molar-refractivity contribution is -0.120. The summed E-state index contributed by atoms with van der Waals surface area (Å²) in [5, 5.41) is 5.93. The van der Waals surface area contributed by atoms with Gasteiger partial charge in [0.1, 0.15) is 0 Å². The summed E-state index contributed by atoms with van der Waals surface area (Å²) in [6.45, 7) is 2.84. The highest BCUT2D eigenvalue weighted by Crippen LogP contribution is 2.32. The minimum atomic E-state index is -0.539. The second kappa shape index (κ2) is 6.76. The maximum atomic E-state index is 14.0. The summed E-state index contributed by atoms with van der Waals surface area (Å²) in [4.78, 5) is 12.2. The van der Waals surface area contributed by atoms with E-state index in [1.165, 1.54) is 26.4 Å². The summed E-state index contributed by atoms with van der Waals surface area (Å²) in [6, 6.07) is 2.94. The van der Waals surface area contributed by atoms with Crippen molar-refractivity contribution in [3.05, 3.63) is 17.9 Å². The van der Waals surface area contributed by atoms with Crippen molar-refractivity contribution < 1.29 is 18.7 Å². The van der Waals surface area contributed by atoms with Gasteiger partial charge in [-0.1, -0.05) is 0 Å². The Balaban J connectivity index is 2.13. The summed E-state index contributed by atoms with van der Waals surface area (Å²) < 4.78 is 24.1. The van der Waals surface area contributed by atoms with Crippen molar-refractivity contribution in [3.63, 3.8) is 0 Å². The van der Waals surface area contributed by atoms with Crippen LogP contribution in [0.4, 0.5) is 10.1 Å². The summed E-state index contributed by atoms with van der Waals surface area (Å²) in [5.41, 5.74) is 0.115. The second-order valence-electron chi connectivity index (χ2n) is 5.25. The van der Waals surface area contributed by atoms with E-state index >= 15 is 0 Å². The van der Waals surface area contributed by atoms with Crippen molar-refractivity contribution in [2.24, 2.45) is 5.92 Å². The zero-order valence-corrected chi connectivity index (χ0v) is 12.5. The molecular formula is C15H21FN2O3. The highest BCUT2D eigenvalue weighted by atomic mass is 19.1. The first kappa shape index (κ1) is 15.6. The van der Waals surface area contributed by atoms with Crippen LogP contribution in [-0.2, 0) is 4.79 Å². The van der Waals surface area contributed by atoms with Gasteiger partial charge >= 0.3 is 0 Å². The van der Waals surface area contributed by atoms with Crippen molar-refractivity contribution in [1.29, 1.82) is 0 Å². The van der Waals surface area contributed by atoms with E-state index < -0.39 is 5.82 Å². The maximum Gasteiger partial charge on any atom is 0.227 e. The number of rotatable bonds is 4. The number of nitrogens with one attached hydrogen (secondary N) is 2. The molecular weight excluding hydrogens is 275 g/mol. The molecule has 1 aliphatic rings. The van der Waals surface area contributed by atoms with Crippen LogP contribution in [0.1, 0.15) is 19.8 Å². The molecule has 1 amide bonds. The van der Waals surface area contributed by atoms with Crippen LogP contribution >= 0.6 is 0 Å². The Hall–Kier alpha value is -1.82. The van der Waals surface area contributed by atoms with Gasteiger partial charge in [-0.15, -0.1) is 0 Å². The average molecular weight is 296 g/mol. The third kappa shape index (κ3) is 3.64. The van der Waals surface area contributed by atoms with Gasteiger partial charge in [0.05, 0.1) is 19.9 Å². The fourth-order valence-corrected chi connectivity index (χ4v) is 2.55. The molecule has 1 aliphatic heterocycles. The van der Waals surface area contributed by atoms with Crippen LogP contribution in [0.3, 0.4) is 0 Å². The van der Waals surface area contributed by atoms with Crippen molar-refractivity contribution >= 4 is 11.6 Å².